The van der Waals surface area contributed by atoms with Gasteiger partial charge in [0.1, 0.15) is 0 Å². The minimum Gasteiger partial charge on any atom is -0.271 e. The van der Waals surface area contributed by atoms with E-state index in [4.69, 9.17) is 5.84 Å². The average Bonchev–Trinajstić information content (AvgIpc) is 2.28. The molecule has 0 heterocycles. The summed E-state index contributed by atoms with van der Waals surface area (Å²) >= 11 is 0. The number of nitrogens with two attached hydrogens (primary N) is 1. The molecule has 2 nitrogen and oxygen atoms in total. The van der Waals surface area contributed by atoms with Crippen LogP contribution in [0, 0.1) is 17.8 Å². The molecule has 0 aromatic heterocycles. The zero-order valence-corrected chi connectivity index (χ0v) is 12.0. The third-order valence-corrected chi connectivity index (χ3v) is 4.37. The fourth-order valence-electron chi connectivity index (χ4n) is 3.58. The summed E-state index contributed by atoms with van der Waals surface area (Å²) in [5.41, 5.74) is 3.09. The second-order valence-corrected chi connectivity index (χ2v) is 6.30. The number of hydrogen-bond donors (Lipinski definition) is 2. The Bertz CT molecular complexity index is 183. The van der Waals surface area contributed by atoms with E-state index < -0.39 is 0 Å². The van der Waals surface area contributed by atoms with E-state index >= 15 is 0 Å². The molecule has 3 N–H and O–H groups in total. The molecule has 0 bridgehead atoms. The van der Waals surface area contributed by atoms with Gasteiger partial charge >= 0.3 is 0 Å². The van der Waals surface area contributed by atoms with E-state index in [0.29, 0.717) is 6.04 Å². The SMILES string of the molecule is CCCCCCC(NN)C1CC(C)CC(C)C1. The van der Waals surface area contributed by atoms with Gasteiger partial charge in [-0.2, -0.15) is 0 Å². The minimum absolute atomic E-state index is 0.553. The molecule has 102 valence electrons. The first-order chi connectivity index (χ1) is 8.17. The predicted molar refractivity (Wildman–Crippen MR) is 75.5 cm³/mol. The van der Waals surface area contributed by atoms with Crippen molar-refractivity contribution in [3.05, 3.63) is 0 Å². The summed E-state index contributed by atoms with van der Waals surface area (Å²) in [5.74, 6) is 8.33. The lowest BCUT2D eigenvalue weighted by Crippen LogP contribution is -2.43. The van der Waals surface area contributed by atoms with E-state index in [2.05, 4.69) is 26.2 Å². The van der Waals surface area contributed by atoms with Crippen molar-refractivity contribution in [1.82, 2.24) is 5.43 Å². The van der Waals surface area contributed by atoms with Crippen LogP contribution in [0.5, 0.6) is 0 Å². The number of rotatable bonds is 7. The van der Waals surface area contributed by atoms with Gasteiger partial charge in [-0.1, -0.05) is 46.5 Å². The van der Waals surface area contributed by atoms with Crippen LogP contribution in [0.1, 0.15) is 72.1 Å². The Morgan fingerprint density at radius 3 is 2.24 bits per heavy atom. The summed E-state index contributed by atoms with van der Waals surface area (Å²) in [6.45, 7) is 7.06. The van der Waals surface area contributed by atoms with Gasteiger partial charge in [-0.15, -0.1) is 0 Å². The Kier molecular flexibility index (Phi) is 7.14. The first-order valence-corrected chi connectivity index (χ1v) is 7.63. The monoisotopic (exact) mass is 240 g/mol. The van der Waals surface area contributed by atoms with Crippen molar-refractivity contribution in [3.8, 4) is 0 Å². The molecule has 3 unspecified atom stereocenters. The van der Waals surface area contributed by atoms with Crippen molar-refractivity contribution in [1.29, 1.82) is 0 Å². The fourth-order valence-corrected chi connectivity index (χ4v) is 3.58. The molecule has 1 rings (SSSR count). The second-order valence-electron chi connectivity index (χ2n) is 6.30. The van der Waals surface area contributed by atoms with Crippen molar-refractivity contribution < 1.29 is 0 Å². The minimum atomic E-state index is 0.553. The van der Waals surface area contributed by atoms with Crippen LogP contribution >= 0.6 is 0 Å². The van der Waals surface area contributed by atoms with Gasteiger partial charge in [-0.25, -0.2) is 0 Å². The highest BCUT2D eigenvalue weighted by atomic mass is 15.2. The molecule has 1 fully saturated rings. The summed E-state index contributed by atoms with van der Waals surface area (Å²) in [6, 6.07) is 0.553. The zero-order chi connectivity index (χ0) is 12.7. The van der Waals surface area contributed by atoms with Gasteiger partial charge in [0.2, 0.25) is 0 Å². The summed E-state index contributed by atoms with van der Waals surface area (Å²) in [6.07, 6.45) is 10.8. The molecule has 0 amide bonds. The third-order valence-electron chi connectivity index (χ3n) is 4.37. The third kappa shape index (κ3) is 5.39. The summed E-state index contributed by atoms with van der Waals surface area (Å²) in [5, 5.41) is 0. The molecular formula is C15H32N2. The molecule has 3 atom stereocenters. The molecule has 17 heavy (non-hydrogen) atoms. The van der Waals surface area contributed by atoms with Gasteiger partial charge in [-0.05, 0) is 43.4 Å². The summed E-state index contributed by atoms with van der Waals surface area (Å²) < 4.78 is 0. The molecule has 1 aliphatic rings. The maximum atomic E-state index is 5.76. The maximum Gasteiger partial charge on any atom is 0.0238 e. The van der Waals surface area contributed by atoms with Crippen molar-refractivity contribution in [3.63, 3.8) is 0 Å². The van der Waals surface area contributed by atoms with Crippen LogP contribution in [0.15, 0.2) is 0 Å². The van der Waals surface area contributed by atoms with Gasteiger partial charge in [0, 0.05) is 6.04 Å². The van der Waals surface area contributed by atoms with E-state index in [0.717, 1.165) is 17.8 Å². The molecule has 0 radical (unpaired) electrons. The van der Waals surface area contributed by atoms with Crippen molar-refractivity contribution >= 4 is 0 Å². The number of hydrogen-bond acceptors (Lipinski definition) is 2. The summed E-state index contributed by atoms with van der Waals surface area (Å²) in [4.78, 5) is 0. The van der Waals surface area contributed by atoms with Crippen LogP contribution in [0.4, 0.5) is 0 Å². The Hall–Kier alpha value is -0.0800. The topological polar surface area (TPSA) is 38.0 Å². The van der Waals surface area contributed by atoms with Crippen molar-refractivity contribution in [2.75, 3.05) is 0 Å². The Morgan fingerprint density at radius 1 is 1.06 bits per heavy atom. The fraction of sp³-hybridized carbons (Fsp3) is 1.00. The van der Waals surface area contributed by atoms with Gasteiger partial charge in [0.05, 0.1) is 0 Å². The summed E-state index contributed by atoms with van der Waals surface area (Å²) in [7, 11) is 0. The normalized spacial score (nSPS) is 31.4. The molecule has 1 aliphatic carbocycles. The van der Waals surface area contributed by atoms with Crippen LogP contribution in [0.3, 0.4) is 0 Å². The van der Waals surface area contributed by atoms with Crippen molar-refractivity contribution in [2.24, 2.45) is 23.6 Å². The van der Waals surface area contributed by atoms with Gasteiger partial charge in [0.15, 0.2) is 0 Å². The van der Waals surface area contributed by atoms with Gasteiger partial charge in [-0.3, -0.25) is 11.3 Å². The van der Waals surface area contributed by atoms with Crippen LogP contribution in [0.2, 0.25) is 0 Å². The number of nitrogens with one attached hydrogen (secondary N) is 1. The molecule has 0 aromatic rings. The van der Waals surface area contributed by atoms with Gasteiger partial charge < -0.3 is 0 Å². The van der Waals surface area contributed by atoms with E-state index in [1.165, 1.54) is 51.4 Å². The molecule has 1 saturated carbocycles. The Labute approximate surface area is 108 Å². The average molecular weight is 240 g/mol. The number of hydrazine groups is 1. The molecule has 0 aliphatic heterocycles. The highest BCUT2D eigenvalue weighted by Gasteiger charge is 2.29. The van der Waals surface area contributed by atoms with Crippen LogP contribution < -0.4 is 11.3 Å². The Morgan fingerprint density at radius 2 is 1.71 bits per heavy atom. The molecule has 0 saturated heterocycles. The second kappa shape index (κ2) is 8.10. The zero-order valence-electron chi connectivity index (χ0n) is 12.0. The molecule has 2 heteroatoms. The van der Waals surface area contributed by atoms with E-state index in [-0.39, 0.29) is 0 Å². The largest absolute Gasteiger partial charge is 0.271 e. The van der Waals surface area contributed by atoms with Crippen molar-refractivity contribution in [2.45, 2.75) is 78.2 Å². The molecule has 0 spiro atoms. The molecular weight excluding hydrogens is 208 g/mol. The standard InChI is InChI=1S/C15H32N2/c1-4-5-6-7-8-15(17-16)14-10-12(2)9-13(3)11-14/h12-15,17H,4-11,16H2,1-3H3. The first-order valence-electron chi connectivity index (χ1n) is 7.63. The first kappa shape index (κ1) is 15.0. The smallest absolute Gasteiger partial charge is 0.0238 e. The van der Waals surface area contributed by atoms with E-state index in [9.17, 15) is 0 Å². The van der Waals surface area contributed by atoms with Crippen LogP contribution in [-0.2, 0) is 0 Å². The van der Waals surface area contributed by atoms with Crippen LogP contribution in [-0.4, -0.2) is 6.04 Å². The lowest BCUT2D eigenvalue weighted by Gasteiger charge is -2.36. The van der Waals surface area contributed by atoms with E-state index in [1.807, 2.05) is 0 Å². The van der Waals surface area contributed by atoms with E-state index in [1.54, 1.807) is 0 Å². The van der Waals surface area contributed by atoms with Crippen LogP contribution in [0.25, 0.3) is 0 Å². The number of unbranched alkanes of at least 4 members (excludes halogenated alkanes) is 3. The van der Waals surface area contributed by atoms with Gasteiger partial charge in [0.25, 0.3) is 0 Å². The predicted octanol–water partition coefficient (Wildman–Crippen LogP) is 3.86. The quantitative estimate of drug-likeness (QED) is 0.403. The molecule has 0 aromatic carbocycles. The lowest BCUT2D eigenvalue weighted by atomic mass is 9.73. The lowest BCUT2D eigenvalue weighted by molar-refractivity contribution is 0.169. The maximum absolute atomic E-state index is 5.76. The highest BCUT2D eigenvalue weighted by Crippen LogP contribution is 2.35. The Balaban J connectivity index is 2.32. The highest BCUT2D eigenvalue weighted by molar-refractivity contribution is 4.82.